The third-order valence-electron chi connectivity index (χ3n) is 1.79. The molecule has 6 nitrogen and oxygen atoms in total. The summed E-state index contributed by atoms with van der Waals surface area (Å²) in [5, 5.41) is 5.00. The number of hydrogen-bond donors (Lipinski definition) is 2. The molecule has 16 heavy (non-hydrogen) atoms. The molecule has 8 heteroatoms. The van der Waals surface area contributed by atoms with E-state index in [1.54, 1.807) is 12.1 Å². The van der Waals surface area contributed by atoms with Crippen molar-refractivity contribution in [3.05, 3.63) is 24.4 Å². The summed E-state index contributed by atoms with van der Waals surface area (Å²) in [6.07, 6.45) is 1.51. The highest BCUT2D eigenvalue weighted by Gasteiger charge is 2.12. The van der Waals surface area contributed by atoms with E-state index in [1.165, 1.54) is 12.3 Å². The van der Waals surface area contributed by atoms with Crippen molar-refractivity contribution in [2.75, 3.05) is 5.73 Å². The second-order valence-electron chi connectivity index (χ2n) is 2.96. The van der Waals surface area contributed by atoms with Gasteiger partial charge in [0.25, 0.3) is 0 Å². The van der Waals surface area contributed by atoms with Crippen LogP contribution in [0, 0.1) is 0 Å². The summed E-state index contributed by atoms with van der Waals surface area (Å²) < 4.78 is 22.2. The van der Waals surface area contributed by atoms with Crippen molar-refractivity contribution in [1.82, 2.24) is 9.97 Å². The molecule has 0 bridgehead atoms. The zero-order valence-corrected chi connectivity index (χ0v) is 9.62. The van der Waals surface area contributed by atoms with Crippen LogP contribution < -0.4 is 10.9 Å². The SMILES string of the molecule is Nc1nccc(-c2ccc(S(N)(=O)=O)s2)n1. The van der Waals surface area contributed by atoms with Crippen molar-refractivity contribution < 1.29 is 8.42 Å². The summed E-state index contributed by atoms with van der Waals surface area (Å²) >= 11 is 1.04. The van der Waals surface area contributed by atoms with E-state index in [9.17, 15) is 8.42 Å². The van der Waals surface area contributed by atoms with Gasteiger partial charge < -0.3 is 5.73 Å². The Hall–Kier alpha value is -1.51. The lowest BCUT2D eigenvalue weighted by molar-refractivity contribution is 0.600. The van der Waals surface area contributed by atoms with Gasteiger partial charge in [-0.05, 0) is 18.2 Å². The molecule has 0 amide bonds. The van der Waals surface area contributed by atoms with Crippen molar-refractivity contribution >= 4 is 27.3 Å². The summed E-state index contributed by atoms with van der Waals surface area (Å²) in [5.41, 5.74) is 6.00. The van der Waals surface area contributed by atoms with Crippen LogP contribution in [0.4, 0.5) is 5.95 Å². The van der Waals surface area contributed by atoms with Gasteiger partial charge in [0.2, 0.25) is 16.0 Å². The quantitative estimate of drug-likeness (QED) is 0.809. The second-order valence-corrected chi connectivity index (χ2v) is 5.84. The molecule has 0 unspecified atom stereocenters. The van der Waals surface area contributed by atoms with Crippen LogP contribution in [-0.4, -0.2) is 18.4 Å². The normalized spacial score (nSPS) is 11.6. The van der Waals surface area contributed by atoms with Crippen molar-refractivity contribution in [3.63, 3.8) is 0 Å². The van der Waals surface area contributed by atoms with E-state index in [0.29, 0.717) is 10.6 Å². The Balaban J connectivity index is 2.47. The average Bonchev–Trinajstić information content (AvgIpc) is 2.65. The average molecular weight is 256 g/mol. The molecule has 0 fully saturated rings. The fourth-order valence-electron chi connectivity index (χ4n) is 1.12. The van der Waals surface area contributed by atoms with E-state index in [0.717, 1.165) is 11.3 Å². The number of sulfonamides is 1. The highest BCUT2D eigenvalue weighted by atomic mass is 32.2. The predicted octanol–water partition coefficient (Wildman–Crippen LogP) is 0.435. The molecule has 4 N–H and O–H groups in total. The minimum Gasteiger partial charge on any atom is -0.368 e. The number of aromatic nitrogens is 2. The summed E-state index contributed by atoms with van der Waals surface area (Å²) in [7, 11) is -3.66. The Morgan fingerprint density at radius 2 is 2.00 bits per heavy atom. The maximum atomic E-state index is 11.1. The topological polar surface area (TPSA) is 112 Å². The van der Waals surface area contributed by atoms with E-state index in [2.05, 4.69) is 9.97 Å². The van der Waals surface area contributed by atoms with Gasteiger partial charge in [0.15, 0.2) is 0 Å². The van der Waals surface area contributed by atoms with Gasteiger partial charge in [-0.3, -0.25) is 0 Å². The molecular weight excluding hydrogens is 248 g/mol. The number of primary sulfonamides is 1. The van der Waals surface area contributed by atoms with Gasteiger partial charge in [-0.2, -0.15) is 0 Å². The van der Waals surface area contributed by atoms with Crippen LogP contribution in [0.25, 0.3) is 10.6 Å². The fourth-order valence-corrected chi connectivity index (χ4v) is 2.82. The van der Waals surface area contributed by atoms with Crippen LogP contribution in [0.3, 0.4) is 0 Å². The number of rotatable bonds is 2. The monoisotopic (exact) mass is 256 g/mol. The first-order chi connectivity index (χ1) is 7.47. The van der Waals surface area contributed by atoms with Crippen LogP contribution >= 0.6 is 11.3 Å². The van der Waals surface area contributed by atoms with Gasteiger partial charge in [-0.15, -0.1) is 11.3 Å². The number of nitrogen functional groups attached to an aromatic ring is 1. The lowest BCUT2D eigenvalue weighted by Gasteiger charge is -1.96. The van der Waals surface area contributed by atoms with Gasteiger partial charge in [-0.25, -0.2) is 23.5 Å². The molecule has 0 saturated heterocycles. The van der Waals surface area contributed by atoms with Crippen molar-refractivity contribution in [2.45, 2.75) is 4.21 Å². The Morgan fingerprint density at radius 3 is 2.56 bits per heavy atom. The molecule has 0 aliphatic heterocycles. The molecule has 0 aromatic carbocycles. The van der Waals surface area contributed by atoms with Gasteiger partial charge >= 0.3 is 0 Å². The van der Waals surface area contributed by atoms with Gasteiger partial charge in [0.1, 0.15) is 4.21 Å². The lowest BCUT2D eigenvalue weighted by Crippen LogP contribution is -2.09. The van der Waals surface area contributed by atoms with Gasteiger partial charge in [0.05, 0.1) is 10.6 Å². The summed E-state index contributed by atoms with van der Waals surface area (Å²) in [5.74, 6) is 0.142. The Bertz CT molecular complexity index is 620. The van der Waals surface area contributed by atoms with Crippen molar-refractivity contribution in [1.29, 1.82) is 0 Å². The lowest BCUT2D eigenvalue weighted by atomic mass is 10.3. The minimum absolute atomic E-state index is 0.0969. The second kappa shape index (κ2) is 3.81. The molecule has 0 atom stereocenters. The van der Waals surface area contributed by atoms with Gasteiger partial charge in [0, 0.05) is 6.20 Å². The molecule has 0 aliphatic rings. The number of anilines is 1. The number of thiophene rings is 1. The number of nitrogens with zero attached hydrogens (tertiary/aromatic N) is 2. The van der Waals surface area contributed by atoms with Crippen molar-refractivity contribution in [3.8, 4) is 10.6 Å². The summed E-state index contributed by atoms with van der Waals surface area (Å²) in [6, 6.07) is 4.72. The number of hydrogen-bond acceptors (Lipinski definition) is 6. The van der Waals surface area contributed by atoms with E-state index >= 15 is 0 Å². The molecule has 2 aromatic heterocycles. The highest BCUT2D eigenvalue weighted by molar-refractivity contribution is 7.91. The first-order valence-corrected chi connectivity index (χ1v) is 6.54. The summed E-state index contributed by atoms with van der Waals surface area (Å²) in [6.45, 7) is 0. The van der Waals surface area contributed by atoms with Crippen molar-refractivity contribution in [2.24, 2.45) is 5.14 Å². The smallest absolute Gasteiger partial charge is 0.247 e. The molecule has 0 saturated carbocycles. The maximum Gasteiger partial charge on any atom is 0.247 e. The standard InChI is InChI=1S/C8H8N4O2S2/c9-8-11-4-3-5(12-8)6-1-2-7(15-6)16(10,13)14/h1-4H,(H2,9,11,12)(H2,10,13,14). The van der Waals surface area contributed by atoms with E-state index < -0.39 is 10.0 Å². The first-order valence-electron chi connectivity index (χ1n) is 4.18. The Kier molecular flexibility index (Phi) is 2.62. The van der Waals surface area contributed by atoms with Crippen LogP contribution in [-0.2, 0) is 10.0 Å². The fraction of sp³-hybridized carbons (Fsp3) is 0. The maximum absolute atomic E-state index is 11.1. The molecule has 0 aliphatic carbocycles. The molecule has 0 spiro atoms. The third kappa shape index (κ3) is 2.18. The largest absolute Gasteiger partial charge is 0.368 e. The first kappa shape index (κ1) is 11.0. The molecule has 0 radical (unpaired) electrons. The number of nitrogens with two attached hydrogens (primary N) is 2. The zero-order valence-electron chi connectivity index (χ0n) is 7.99. The van der Waals surface area contributed by atoms with Crippen LogP contribution in [0.2, 0.25) is 0 Å². The van der Waals surface area contributed by atoms with Crippen LogP contribution in [0.15, 0.2) is 28.6 Å². The third-order valence-corrected chi connectivity index (χ3v) is 4.33. The van der Waals surface area contributed by atoms with E-state index in [-0.39, 0.29) is 10.2 Å². The summed E-state index contributed by atoms with van der Waals surface area (Å²) in [4.78, 5) is 8.41. The zero-order chi connectivity index (χ0) is 11.8. The molecule has 2 heterocycles. The molecular formula is C8H8N4O2S2. The molecule has 2 rings (SSSR count). The highest BCUT2D eigenvalue weighted by Crippen LogP contribution is 2.28. The predicted molar refractivity (Wildman–Crippen MR) is 61.1 cm³/mol. The Labute approximate surface area is 96.0 Å². The minimum atomic E-state index is -3.66. The van der Waals surface area contributed by atoms with E-state index in [1.807, 2.05) is 0 Å². The van der Waals surface area contributed by atoms with E-state index in [4.69, 9.17) is 10.9 Å². The van der Waals surface area contributed by atoms with Crippen LogP contribution in [0.1, 0.15) is 0 Å². The van der Waals surface area contributed by atoms with Crippen LogP contribution in [0.5, 0.6) is 0 Å². The molecule has 84 valence electrons. The van der Waals surface area contributed by atoms with Gasteiger partial charge in [-0.1, -0.05) is 0 Å². The Morgan fingerprint density at radius 1 is 1.25 bits per heavy atom. The molecule has 2 aromatic rings.